The van der Waals surface area contributed by atoms with E-state index in [1.54, 1.807) is 17.0 Å². The first-order valence-electron chi connectivity index (χ1n) is 11.9. The van der Waals surface area contributed by atoms with Gasteiger partial charge in [-0.2, -0.15) is 5.26 Å². The summed E-state index contributed by atoms with van der Waals surface area (Å²) < 4.78 is 13.2. The summed E-state index contributed by atoms with van der Waals surface area (Å²) in [7, 11) is 0. The molecule has 6 nitrogen and oxygen atoms in total. The normalized spacial score (nSPS) is 17.3. The van der Waals surface area contributed by atoms with Crippen LogP contribution in [0.1, 0.15) is 24.0 Å². The van der Waals surface area contributed by atoms with Gasteiger partial charge in [-0.3, -0.25) is 14.5 Å². The summed E-state index contributed by atoms with van der Waals surface area (Å²) in [6.45, 7) is 1.02. The summed E-state index contributed by atoms with van der Waals surface area (Å²) in [5, 5.41) is 11.5. The van der Waals surface area contributed by atoms with Gasteiger partial charge < -0.3 is 10.6 Å². The van der Waals surface area contributed by atoms with Crippen LogP contribution in [0, 0.1) is 17.1 Å². The van der Waals surface area contributed by atoms with E-state index in [2.05, 4.69) is 36.4 Å². The molecule has 0 spiro atoms. The second-order valence-corrected chi connectivity index (χ2v) is 9.01. The molecule has 0 saturated carbocycles. The molecule has 2 atom stereocenters. The summed E-state index contributed by atoms with van der Waals surface area (Å²) in [6, 6.07) is 22.2. The highest BCUT2D eigenvalue weighted by Crippen LogP contribution is 2.20. The van der Waals surface area contributed by atoms with Crippen molar-refractivity contribution in [3.05, 3.63) is 83.7 Å². The molecule has 7 heteroatoms. The number of hydrogen-bond acceptors (Lipinski definition) is 5. The number of ketones is 1. The molecule has 3 aromatic carbocycles. The fourth-order valence-corrected chi connectivity index (χ4v) is 4.63. The minimum atomic E-state index is -0.963. The molecule has 3 aromatic rings. The number of carbonyl (C=O) groups excluding carboxylic acids is 2. The van der Waals surface area contributed by atoms with Crippen LogP contribution in [0.2, 0.25) is 0 Å². The Morgan fingerprint density at radius 3 is 2.54 bits per heavy atom. The average Bonchev–Trinajstić information content (AvgIpc) is 2.87. The minimum absolute atomic E-state index is 0.0319. The average molecular weight is 473 g/mol. The summed E-state index contributed by atoms with van der Waals surface area (Å²) in [4.78, 5) is 29.4. The Labute approximate surface area is 204 Å². The Morgan fingerprint density at radius 1 is 1.09 bits per heavy atom. The van der Waals surface area contributed by atoms with Crippen molar-refractivity contribution < 1.29 is 14.0 Å². The fourth-order valence-electron chi connectivity index (χ4n) is 4.63. The summed E-state index contributed by atoms with van der Waals surface area (Å²) in [6.07, 6.45) is 0.649. The van der Waals surface area contributed by atoms with Crippen LogP contribution in [-0.2, 0) is 22.4 Å². The van der Waals surface area contributed by atoms with Crippen molar-refractivity contribution in [2.45, 2.75) is 37.9 Å². The molecule has 180 valence electrons. The third kappa shape index (κ3) is 6.10. The largest absolute Gasteiger partial charge is 0.340 e. The number of nitrogens with zero attached hydrogens (tertiary/aromatic N) is 3. The van der Waals surface area contributed by atoms with Gasteiger partial charge in [-0.1, -0.05) is 54.6 Å². The first-order chi connectivity index (χ1) is 16.9. The molecule has 4 rings (SSSR count). The number of halogens is 1. The lowest BCUT2D eigenvalue weighted by molar-refractivity contribution is -0.142. The summed E-state index contributed by atoms with van der Waals surface area (Å²) >= 11 is 0. The van der Waals surface area contributed by atoms with E-state index in [-0.39, 0.29) is 36.5 Å². The first-order valence-corrected chi connectivity index (χ1v) is 11.9. The molecule has 0 aliphatic carbocycles. The van der Waals surface area contributed by atoms with Crippen LogP contribution in [-0.4, -0.2) is 53.3 Å². The SMILES string of the molecule is N#CCCC1CN(CCc2ccc3ccccc3c2)C(=O)CN1C(N)C(=O)Cc1ccc(F)cc1. The quantitative estimate of drug-likeness (QED) is 0.515. The Balaban J connectivity index is 1.41. The highest BCUT2D eigenvalue weighted by atomic mass is 19.1. The van der Waals surface area contributed by atoms with Crippen molar-refractivity contribution in [1.29, 1.82) is 5.26 Å². The number of nitriles is 1. The molecule has 1 aliphatic rings. The van der Waals surface area contributed by atoms with Gasteiger partial charge >= 0.3 is 0 Å². The Hall–Kier alpha value is -3.60. The van der Waals surface area contributed by atoms with Crippen molar-refractivity contribution >= 4 is 22.5 Å². The Kier molecular flexibility index (Phi) is 7.86. The molecule has 35 heavy (non-hydrogen) atoms. The highest BCUT2D eigenvalue weighted by Gasteiger charge is 2.36. The Morgan fingerprint density at radius 2 is 1.80 bits per heavy atom. The van der Waals surface area contributed by atoms with Gasteiger partial charge in [0, 0.05) is 32.0 Å². The van der Waals surface area contributed by atoms with E-state index in [0.717, 1.165) is 12.0 Å². The van der Waals surface area contributed by atoms with Crippen LogP contribution in [0.15, 0.2) is 66.7 Å². The molecular weight excluding hydrogens is 443 g/mol. The van der Waals surface area contributed by atoms with E-state index in [0.29, 0.717) is 31.5 Å². The molecular formula is C28H29FN4O2. The lowest BCUT2D eigenvalue weighted by Gasteiger charge is -2.43. The zero-order valence-electron chi connectivity index (χ0n) is 19.6. The van der Waals surface area contributed by atoms with Crippen molar-refractivity contribution in [3.8, 4) is 6.07 Å². The molecule has 1 heterocycles. The van der Waals surface area contributed by atoms with Crippen molar-refractivity contribution in [2.24, 2.45) is 5.73 Å². The van der Waals surface area contributed by atoms with Crippen LogP contribution in [0.5, 0.6) is 0 Å². The third-order valence-corrected chi connectivity index (χ3v) is 6.62. The number of carbonyl (C=O) groups is 2. The molecule has 0 bridgehead atoms. The Bertz CT molecular complexity index is 1240. The van der Waals surface area contributed by atoms with Gasteiger partial charge in [0.15, 0.2) is 5.78 Å². The zero-order valence-corrected chi connectivity index (χ0v) is 19.6. The summed E-state index contributed by atoms with van der Waals surface area (Å²) in [5.41, 5.74) is 8.12. The predicted octanol–water partition coefficient (Wildman–Crippen LogP) is 3.43. The van der Waals surface area contributed by atoms with E-state index >= 15 is 0 Å². The maximum atomic E-state index is 13.2. The van der Waals surface area contributed by atoms with E-state index in [4.69, 9.17) is 11.0 Å². The van der Waals surface area contributed by atoms with Crippen molar-refractivity contribution in [2.75, 3.05) is 19.6 Å². The molecule has 1 aliphatic heterocycles. The number of hydrogen-bond donors (Lipinski definition) is 1. The van der Waals surface area contributed by atoms with Crippen LogP contribution in [0.25, 0.3) is 10.8 Å². The van der Waals surface area contributed by atoms with Crippen molar-refractivity contribution in [3.63, 3.8) is 0 Å². The van der Waals surface area contributed by atoms with Gasteiger partial charge in [0.05, 0.1) is 12.6 Å². The number of Topliss-reactive ketones (excluding diaryl/α,β-unsaturated/α-hetero) is 1. The van der Waals surface area contributed by atoms with Crippen LogP contribution < -0.4 is 5.73 Å². The molecule has 2 unspecified atom stereocenters. The predicted molar refractivity (Wildman–Crippen MR) is 133 cm³/mol. The van der Waals surface area contributed by atoms with Crippen LogP contribution in [0.4, 0.5) is 4.39 Å². The number of fused-ring (bicyclic) bond motifs is 1. The van der Waals surface area contributed by atoms with Gasteiger partial charge in [0.25, 0.3) is 0 Å². The number of piperazine rings is 1. The van der Waals surface area contributed by atoms with Gasteiger partial charge in [-0.25, -0.2) is 4.39 Å². The van der Waals surface area contributed by atoms with E-state index in [1.165, 1.54) is 22.9 Å². The molecule has 1 saturated heterocycles. The maximum Gasteiger partial charge on any atom is 0.236 e. The number of rotatable bonds is 9. The second-order valence-electron chi connectivity index (χ2n) is 9.01. The lowest BCUT2D eigenvalue weighted by atomic mass is 10.0. The standard InChI is InChI=1S/C28H29FN4O2/c29-24-11-8-20(9-12-24)17-26(34)28(31)33-19-27(35)32(18-25(33)6-3-14-30)15-13-21-7-10-22-4-1-2-5-23(22)16-21/h1-2,4-5,7-12,16,25,28H,3,6,13,15,17-19,31H2. The van der Waals surface area contributed by atoms with Gasteiger partial charge in [0.2, 0.25) is 5.91 Å². The number of amides is 1. The number of nitrogens with two attached hydrogens (primary N) is 1. The second kappa shape index (κ2) is 11.2. The minimum Gasteiger partial charge on any atom is -0.340 e. The number of benzene rings is 3. The molecule has 0 aromatic heterocycles. The zero-order chi connectivity index (χ0) is 24.8. The molecule has 1 fully saturated rings. The van der Waals surface area contributed by atoms with Crippen molar-refractivity contribution in [1.82, 2.24) is 9.80 Å². The van der Waals surface area contributed by atoms with Gasteiger partial charge in [-0.05, 0) is 46.9 Å². The van der Waals surface area contributed by atoms with Crippen LogP contribution in [0.3, 0.4) is 0 Å². The van der Waals surface area contributed by atoms with Crippen LogP contribution >= 0.6 is 0 Å². The first kappa shape index (κ1) is 24.5. The molecule has 2 N–H and O–H groups in total. The van der Waals surface area contributed by atoms with Gasteiger partial charge in [0.1, 0.15) is 12.0 Å². The van der Waals surface area contributed by atoms with Gasteiger partial charge in [-0.15, -0.1) is 0 Å². The highest BCUT2D eigenvalue weighted by molar-refractivity contribution is 5.87. The lowest BCUT2D eigenvalue weighted by Crippen LogP contribution is -2.63. The van der Waals surface area contributed by atoms with E-state index in [1.807, 2.05) is 17.0 Å². The van der Waals surface area contributed by atoms with E-state index < -0.39 is 6.17 Å². The summed E-state index contributed by atoms with van der Waals surface area (Å²) in [5.74, 6) is -0.688. The smallest absolute Gasteiger partial charge is 0.236 e. The monoisotopic (exact) mass is 472 g/mol. The topological polar surface area (TPSA) is 90.4 Å². The maximum absolute atomic E-state index is 13.2. The fraction of sp³-hybridized carbons (Fsp3) is 0.321. The third-order valence-electron chi connectivity index (χ3n) is 6.62. The molecule has 1 amide bonds. The van der Waals surface area contributed by atoms with E-state index in [9.17, 15) is 14.0 Å². The molecule has 0 radical (unpaired) electrons.